The molecule has 0 aliphatic heterocycles. The lowest BCUT2D eigenvalue weighted by molar-refractivity contribution is 0.0961. The van der Waals surface area contributed by atoms with Gasteiger partial charge in [0.2, 0.25) is 0 Å². The molecule has 2 amide bonds. The Labute approximate surface area is 155 Å². The molecule has 3 aromatic rings. The highest BCUT2D eigenvalue weighted by Gasteiger charge is 2.23. The van der Waals surface area contributed by atoms with Crippen molar-refractivity contribution in [3.05, 3.63) is 70.4 Å². The molecule has 1 heterocycles. The number of carbonyl (C=O) groups is 2. The molecule has 2 N–H and O–H groups in total. The van der Waals surface area contributed by atoms with Crippen LogP contribution < -0.4 is 10.6 Å². The van der Waals surface area contributed by atoms with Gasteiger partial charge in [0.15, 0.2) is 0 Å². The van der Waals surface area contributed by atoms with Crippen LogP contribution in [0.15, 0.2) is 53.1 Å². The van der Waals surface area contributed by atoms with E-state index in [2.05, 4.69) is 15.8 Å². The molecule has 3 rings (SSSR count). The predicted octanol–water partition coefficient (Wildman–Crippen LogP) is 3.92. The van der Waals surface area contributed by atoms with E-state index in [9.17, 15) is 9.59 Å². The topological polar surface area (TPSA) is 84.2 Å². The van der Waals surface area contributed by atoms with Gasteiger partial charge in [-0.15, -0.1) is 0 Å². The first-order chi connectivity index (χ1) is 12.5. The third-order valence-corrected chi connectivity index (χ3v) is 4.16. The van der Waals surface area contributed by atoms with Gasteiger partial charge in [0.1, 0.15) is 17.0 Å². The van der Waals surface area contributed by atoms with Crippen LogP contribution in [0.5, 0.6) is 0 Å². The summed E-state index contributed by atoms with van der Waals surface area (Å²) in [7, 11) is 1.55. The summed E-state index contributed by atoms with van der Waals surface area (Å²) < 4.78 is 5.21. The Hall–Kier alpha value is -3.12. The zero-order valence-corrected chi connectivity index (χ0v) is 14.9. The van der Waals surface area contributed by atoms with Gasteiger partial charge in [-0.25, -0.2) is 0 Å². The van der Waals surface area contributed by atoms with Crippen LogP contribution in [0.1, 0.15) is 26.5 Å². The lowest BCUT2D eigenvalue weighted by atomic mass is 10.1. The zero-order valence-electron chi connectivity index (χ0n) is 14.2. The molecule has 0 aliphatic carbocycles. The first-order valence-corrected chi connectivity index (χ1v) is 8.23. The summed E-state index contributed by atoms with van der Waals surface area (Å²) >= 11 is 6.22. The quantitative estimate of drug-likeness (QED) is 0.730. The Balaban J connectivity index is 1.94. The van der Waals surface area contributed by atoms with E-state index in [-0.39, 0.29) is 5.91 Å². The van der Waals surface area contributed by atoms with Crippen molar-refractivity contribution in [1.29, 1.82) is 0 Å². The van der Waals surface area contributed by atoms with E-state index in [1.54, 1.807) is 62.5 Å². The highest BCUT2D eigenvalue weighted by Crippen LogP contribution is 2.31. The Morgan fingerprint density at radius 2 is 1.85 bits per heavy atom. The maximum absolute atomic E-state index is 12.8. The second kappa shape index (κ2) is 7.41. The predicted molar refractivity (Wildman–Crippen MR) is 99.5 cm³/mol. The third-order valence-electron chi connectivity index (χ3n) is 3.83. The maximum atomic E-state index is 12.8. The number of halogens is 1. The molecule has 0 bridgehead atoms. The summed E-state index contributed by atoms with van der Waals surface area (Å²) in [4.78, 5) is 24.5. The van der Waals surface area contributed by atoms with Crippen molar-refractivity contribution in [2.24, 2.45) is 0 Å². The number of nitrogens with one attached hydrogen (secondary N) is 2. The fourth-order valence-corrected chi connectivity index (χ4v) is 2.78. The van der Waals surface area contributed by atoms with Crippen molar-refractivity contribution in [3.8, 4) is 11.3 Å². The third kappa shape index (κ3) is 3.45. The molecule has 132 valence electrons. The van der Waals surface area contributed by atoms with E-state index < -0.39 is 5.91 Å². The minimum Gasteiger partial charge on any atom is -0.360 e. The second-order valence-electron chi connectivity index (χ2n) is 5.56. The number of nitrogens with zero attached hydrogens (tertiary/aromatic N) is 1. The van der Waals surface area contributed by atoms with Crippen LogP contribution in [0.25, 0.3) is 11.3 Å². The SMILES string of the molecule is CNC(=O)c1cccc(NC(=O)c2c(-c3ccccc3Cl)noc2C)c1. The van der Waals surface area contributed by atoms with Gasteiger partial charge in [-0.2, -0.15) is 0 Å². The molecule has 0 saturated carbocycles. The standard InChI is InChI=1S/C19H16ClN3O3/c1-11-16(17(23-26-11)14-8-3-4-9-15(14)20)19(25)22-13-7-5-6-12(10-13)18(24)21-2/h3-10H,1-2H3,(H,21,24)(H,22,25). The van der Waals surface area contributed by atoms with Crippen molar-refractivity contribution in [1.82, 2.24) is 10.5 Å². The summed E-state index contributed by atoms with van der Waals surface area (Å²) in [6.45, 7) is 1.66. The van der Waals surface area contributed by atoms with Gasteiger partial charge in [0.25, 0.3) is 11.8 Å². The lowest BCUT2D eigenvalue weighted by Crippen LogP contribution is -2.18. The molecule has 2 aromatic carbocycles. The molecule has 0 aliphatic rings. The molecule has 7 heteroatoms. The highest BCUT2D eigenvalue weighted by atomic mass is 35.5. The summed E-state index contributed by atoms with van der Waals surface area (Å²) in [5.74, 6) is -0.258. The van der Waals surface area contributed by atoms with Gasteiger partial charge in [0.05, 0.1) is 5.02 Å². The molecular weight excluding hydrogens is 354 g/mol. The second-order valence-corrected chi connectivity index (χ2v) is 5.96. The van der Waals surface area contributed by atoms with E-state index in [0.717, 1.165) is 0 Å². The fourth-order valence-electron chi connectivity index (χ4n) is 2.55. The Bertz CT molecular complexity index is 982. The van der Waals surface area contributed by atoms with Crippen molar-refractivity contribution in [2.75, 3.05) is 12.4 Å². The zero-order chi connectivity index (χ0) is 18.7. The van der Waals surface area contributed by atoms with Crippen LogP contribution in [0.3, 0.4) is 0 Å². The molecule has 0 radical (unpaired) electrons. The smallest absolute Gasteiger partial charge is 0.261 e. The van der Waals surface area contributed by atoms with Gasteiger partial charge < -0.3 is 15.2 Å². The summed E-state index contributed by atoms with van der Waals surface area (Å²) in [6, 6.07) is 13.7. The summed E-state index contributed by atoms with van der Waals surface area (Å²) in [6.07, 6.45) is 0. The molecule has 0 fully saturated rings. The number of amides is 2. The van der Waals surface area contributed by atoms with E-state index in [1.807, 2.05) is 0 Å². The molecule has 1 aromatic heterocycles. The van der Waals surface area contributed by atoms with Crippen LogP contribution in [0, 0.1) is 6.92 Å². The molecule has 0 spiro atoms. The Morgan fingerprint density at radius 3 is 2.58 bits per heavy atom. The molecule has 0 unspecified atom stereocenters. The monoisotopic (exact) mass is 369 g/mol. The minimum absolute atomic E-state index is 0.237. The van der Waals surface area contributed by atoms with E-state index in [1.165, 1.54) is 0 Å². The van der Waals surface area contributed by atoms with Crippen molar-refractivity contribution in [3.63, 3.8) is 0 Å². The number of aromatic nitrogens is 1. The molecule has 26 heavy (non-hydrogen) atoms. The first kappa shape index (κ1) is 17.7. The van der Waals surface area contributed by atoms with Crippen LogP contribution in [0.4, 0.5) is 5.69 Å². The largest absolute Gasteiger partial charge is 0.360 e. The molecule has 0 atom stereocenters. The van der Waals surface area contributed by atoms with Gasteiger partial charge >= 0.3 is 0 Å². The molecular formula is C19H16ClN3O3. The van der Waals surface area contributed by atoms with Gasteiger partial charge in [-0.05, 0) is 31.2 Å². The minimum atomic E-state index is -0.396. The molecule has 0 saturated heterocycles. The van der Waals surface area contributed by atoms with Crippen LogP contribution in [-0.2, 0) is 0 Å². The number of aryl methyl sites for hydroxylation is 1. The summed E-state index contributed by atoms with van der Waals surface area (Å²) in [5.41, 5.74) is 2.20. The molecule has 6 nitrogen and oxygen atoms in total. The average Bonchev–Trinajstić information content (AvgIpc) is 3.03. The Kier molecular flexibility index (Phi) is 5.04. The van der Waals surface area contributed by atoms with Crippen molar-refractivity contribution in [2.45, 2.75) is 6.92 Å². The number of benzene rings is 2. The van der Waals surface area contributed by atoms with E-state index in [4.69, 9.17) is 16.1 Å². The number of hydrogen-bond donors (Lipinski definition) is 2. The van der Waals surface area contributed by atoms with Crippen LogP contribution >= 0.6 is 11.6 Å². The highest BCUT2D eigenvalue weighted by molar-refractivity contribution is 6.33. The normalized spacial score (nSPS) is 10.4. The lowest BCUT2D eigenvalue weighted by Gasteiger charge is -2.08. The number of carbonyl (C=O) groups excluding carboxylic acids is 2. The van der Waals surface area contributed by atoms with Crippen LogP contribution in [0.2, 0.25) is 5.02 Å². The first-order valence-electron chi connectivity index (χ1n) is 7.86. The maximum Gasteiger partial charge on any atom is 0.261 e. The van der Waals surface area contributed by atoms with Crippen molar-refractivity contribution >= 4 is 29.1 Å². The number of anilines is 1. The van der Waals surface area contributed by atoms with E-state index >= 15 is 0 Å². The van der Waals surface area contributed by atoms with Crippen molar-refractivity contribution < 1.29 is 14.1 Å². The fraction of sp³-hybridized carbons (Fsp3) is 0.105. The van der Waals surface area contributed by atoms with Crippen LogP contribution in [-0.4, -0.2) is 24.0 Å². The van der Waals surface area contributed by atoms with Gasteiger partial charge in [-0.3, -0.25) is 9.59 Å². The summed E-state index contributed by atoms with van der Waals surface area (Å²) in [5, 5.41) is 9.77. The number of hydrogen-bond acceptors (Lipinski definition) is 4. The van der Waals surface area contributed by atoms with E-state index in [0.29, 0.717) is 38.9 Å². The van der Waals surface area contributed by atoms with Gasteiger partial charge in [0, 0.05) is 23.9 Å². The average molecular weight is 370 g/mol. The van der Waals surface area contributed by atoms with Gasteiger partial charge in [-0.1, -0.05) is 41.0 Å². The Morgan fingerprint density at radius 1 is 1.08 bits per heavy atom. The number of rotatable bonds is 4.